The lowest BCUT2D eigenvalue weighted by molar-refractivity contribution is 0.407. The lowest BCUT2D eigenvalue weighted by atomic mass is 10.3. The Bertz CT molecular complexity index is 485. The van der Waals surface area contributed by atoms with E-state index in [1.807, 2.05) is 0 Å². The Kier molecular flexibility index (Phi) is 1.34. The van der Waals surface area contributed by atoms with Gasteiger partial charge in [-0.3, -0.25) is 4.79 Å². The molecule has 5 heteroatoms. The Morgan fingerprint density at radius 1 is 1.33 bits per heavy atom. The number of aromatic amines is 1. The summed E-state index contributed by atoms with van der Waals surface area (Å²) < 4.78 is 0.635. The van der Waals surface area contributed by atoms with Crippen molar-refractivity contribution in [3.63, 3.8) is 0 Å². The van der Waals surface area contributed by atoms with Crippen molar-refractivity contribution in [1.29, 1.82) is 0 Å². The largest absolute Gasteiger partial charge is 0.504 e. The first-order chi connectivity index (χ1) is 5.68. The number of phenolic OH excluding ortho intramolecular Hbond substituents is 2. The summed E-state index contributed by atoms with van der Waals surface area (Å²) in [6, 6.07) is 2.92. The van der Waals surface area contributed by atoms with Crippen LogP contribution in [0.5, 0.6) is 11.5 Å². The van der Waals surface area contributed by atoms with Crippen LogP contribution in [0.2, 0.25) is 0 Å². The van der Waals surface area contributed by atoms with Gasteiger partial charge >= 0.3 is 4.87 Å². The zero-order chi connectivity index (χ0) is 8.72. The third-order valence-corrected chi connectivity index (χ3v) is 2.40. The number of H-pyrrole nitrogens is 1. The molecule has 0 aliphatic carbocycles. The molecule has 12 heavy (non-hydrogen) atoms. The van der Waals surface area contributed by atoms with Crippen LogP contribution in [-0.4, -0.2) is 15.2 Å². The Labute approximate surface area is 70.7 Å². The lowest BCUT2D eigenvalue weighted by Gasteiger charge is -1.95. The second kappa shape index (κ2) is 2.25. The van der Waals surface area contributed by atoms with E-state index in [1.54, 1.807) is 6.07 Å². The molecule has 0 saturated carbocycles. The summed E-state index contributed by atoms with van der Waals surface area (Å²) in [5.41, 5.74) is 0.296. The average molecular weight is 183 g/mol. The standard InChI is InChI=1S/C7H5NO3S/c9-3-1-2-4-5(6(3)10)8-7(11)12-4/h1-2,9-10H,(H,8,11). The van der Waals surface area contributed by atoms with Gasteiger partial charge in [0.2, 0.25) is 0 Å². The molecule has 0 atom stereocenters. The molecule has 0 bridgehead atoms. The van der Waals surface area contributed by atoms with Crippen LogP contribution < -0.4 is 4.87 Å². The van der Waals surface area contributed by atoms with Crippen LogP contribution in [0.25, 0.3) is 10.2 Å². The van der Waals surface area contributed by atoms with E-state index < -0.39 is 0 Å². The van der Waals surface area contributed by atoms with Crippen molar-refractivity contribution in [1.82, 2.24) is 4.98 Å². The minimum atomic E-state index is -0.272. The summed E-state index contributed by atoms with van der Waals surface area (Å²) >= 11 is 0.993. The van der Waals surface area contributed by atoms with Crippen molar-refractivity contribution in [3.8, 4) is 11.5 Å². The van der Waals surface area contributed by atoms with Crippen molar-refractivity contribution in [3.05, 3.63) is 21.8 Å². The summed E-state index contributed by atoms with van der Waals surface area (Å²) in [5, 5.41) is 18.3. The fourth-order valence-electron chi connectivity index (χ4n) is 0.995. The molecule has 1 aromatic heterocycles. The SMILES string of the molecule is O=c1[nH]c2c(O)c(O)ccc2s1. The van der Waals surface area contributed by atoms with Crippen LogP contribution in [0.15, 0.2) is 16.9 Å². The van der Waals surface area contributed by atoms with Crippen LogP contribution in [0.3, 0.4) is 0 Å². The van der Waals surface area contributed by atoms with Crippen molar-refractivity contribution < 1.29 is 10.2 Å². The highest BCUT2D eigenvalue weighted by molar-refractivity contribution is 7.16. The third-order valence-electron chi connectivity index (χ3n) is 1.55. The molecular formula is C7H5NO3S. The van der Waals surface area contributed by atoms with E-state index in [9.17, 15) is 9.90 Å². The summed E-state index contributed by atoms with van der Waals surface area (Å²) in [7, 11) is 0. The molecule has 2 rings (SSSR count). The Morgan fingerprint density at radius 3 is 2.83 bits per heavy atom. The summed E-state index contributed by atoms with van der Waals surface area (Å²) in [6.07, 6.45) is 0. The van der Waals surface area contributed by atoms with Gasteiger partial charge in [0.15, 0.2) is 11.5 Å². The van der Waals surface area contributed by atoms with E-state index in [2.05, 4.69) is 4.98 Å². The number of hydrogen-bond donors (Lipinski definition) is 3. The third kappa shape index (κ3) is 0.868. The van der Waals surface area contributed by atoms with Gasteiger partial charge in [-0.25, -0.2) is 0 Å². The van der Waals surface area contributed by atoms with E-state index in [4.69, 9.17) is 5.11 Å². The van der Waals surface area contributed by atoms with Gasteiger partial charge in [-0.15, -0.1) is 0 Å². The van der Waals surface area contributed by atoms with Crippen LogP contribution in [0, 0.1) is 0 Å². The predicted octanol–water partition coefficient (Wildman–Crippen LogP) is 1.00. The van der Waals surface area contributed by atoms with Gasteiger partial charge in [-0.1, -0.05) is 11.3 Å². The fourth-order valence-corrected chi connectivity index (χ4v) is 1.73. The van der Waals surface area contributed by atoms with Crippen LogP contribution >= 0.6 is 11.3 Å². The highest BCUT2D eigenvalue weighted by atomic mass is 32.1. The molecule has 1 heterocycles. The summed E-state index contributed by atoms with van der Waals surface area (Å²) in [4.78, 5) is 13.0. The van der Waals surface area contributed by atoms with Crippen molar-refractivity contribution in [2.75, 3.05) is 0 Å². The van der Waals surface area contributed by atoms with Gasteiger partial charge in [-0.05, 0) is 12.1 Å². The molecular weight excluding hydrogens is 178 g/mol. The van der Waals surface area contributed by atoms with Gasteiger partial charge in [0.05, 0.1) is 4.70 Å². The normalized spacial score (nSPS) is 10.7. The highest BCUT2D eigenvalue weighted by Crippen LogP contribution is 2.32. The molecule has 0 radical (unpaired) electrons. The van der Waals surface area contributed by atoms with Crippen molar-refractivity contribution >= 4 is 21.6 Å². The van der Waals surface area contributed by atoms with E-state index >= 15 is 0 Å². The second-order valence-electron chi connectivity index (χ2n) is 2.32. The fraction of sp³-hybridized carbons (Fsp3) is 0. The molecule has 0 amide bonds. The van der Waals surface area contributed by atoms with Gasteiger partial charge < -0.3 is 15.2 Å². The highest BCUT2D eigenvalue weighted by Gasteiger charge is 2.07. The van der Waals surface area contributed by atoms with Gasteiger partial charge in [0.25, 0.3) is 0 Å². The van der Waals surface area contributed by atoms with E-state index in [0.717, 1.165) is 11.3 Å². The number of rotatable bonds is 0. The van der Waals surface area contributed by atoms with Crippen LogP contribution in [0.1, 0.15) is 0 Å². The molecule has 4 nitrogen and oxygen atoms in total. The maximum absolute atomic E-state index is 10.8. The number of thiazole rings is 1. The number of fused-ring (bicyclic) bond motifs is 1. The van der Waals surface area contributed by atoms with Crippen molar-refractivity contribution in [2.45, 2.75) is 0 Å². The van der Waals surface area contributed by atoms with Gasteiger partial charge in [0, 0.05) is 0 Å². The Hall–Kier alpha value is -1.49. The molecule has 1 aromatic carbocycles. The quantitative estimate of drug-likeness (QED) is 0.533. The Morgan fingerprint density at radius 2 is 2.08 bits per heavy atom. The number of benzene rings is 1. The summed E-state index contributed by atoms with van der Waals surface area (Å²) in [6.45, 7) is 0. The topological polar surface area (TPSA) is 73.3 Å². The molecule has 0 aliphatic heterocycles. The zero-order valence-electron chi connectivity index (χ0n) is 5.87. The molecule has 3 N–H and O–H groups in total. The van der Waals surface area contributed by atoms with Crippen LogP contribution in [0.4, 0.5) is 0 Å². The first kappa shape index (κ1) is 7.17. The minimum absolute atomic E-state index is 0.225. The number of nitrogens with one attached hydrogen (secondary N) is 1. The number of aromatic nitrogens is 1. The second-order valence-corrected chi connectivity index (χ2v) is 3.34. The number of aromatic hydroxyl groups is 2. The molecule has 0 unspecified atom stereocenters. The smallest absolute Gasteiger partial charge is 0.305 e. The molecule has 0 aliphatic rings. The predicted molar refractivity (Wildman–Crippen MR) is 45.8 cm³/mol. The molecule has 0 spiro atoms. The minimum Gasteiger partial charge on any atom is -0.504 e. The first-order valence-corrected chi connectivity index (χ1v) is 4.04. The van der Waals surface area contributed by atoms with E-state index in [1.165, 1.54) is 6.07 Å². The maximum atomic E-state index is 10.8. The van der Waals surface area contributed by atoms with Crippen molar-refractivity contribution in [2.24, 2.45) is 0 Å². The molecule has 2 aromatic rings. The first-order valence-electron chi connectivity index (χ1n) is 3.22. The zero-order valence-corrected chi connectivity index (χ0v) is 6.68. The Balaban J connectivity index is 2.99. The molecule has 0 fully saturated rings. The number of phenols is 2. The lowest BCUT2D eigenvalue weighted by Crippen LogP contribution is -1.89. The van der Waals surface area contributed by atoms with Gasteiger partial charge in [0.1, 0.15) is 5.52 Å². The monoisotopic (exact) mass is 183 g/mol. The van der Waals surface area contributed by atoms with Crippen LogP contribution in [-0.2, 0) is 0 Å². The van der Waals surface area contributed by atoms with Gasteiger partial charge in [-0.2, -0.15) is 0 Å². The average Bonchev–Trinajstić information content (AvgIpc) is 2.39. The van der Waals surface area contributed by atoms with E-state index in [0.29, 0.717) is 10.2 Å². The molecule has 62 valence electrons. The molecule has 0 saturated heterocycles. The number of hydrogen-bond acceptors (Lipinski definition) is 4. The van der Waals surface area contributed by atoms with E-state index in [-0.39, 0.29) is 16.4 Å². The maximum Gasteiger partial charge on any atom is 0.305 e. The summed E-state index contributed by atoms with van der Waals surface area (Å²) in [5.74, 6) is -0.498.